The number of ether oxygens (including phenoxy) is 1. The second kappa shape index (κ2) is 7.17. The zero-order chi connectivity index (χ0) is 13.5. The van der Waals surface area contributed by atoms with Crippen molar-refractivity contribution < 1.29 is 9.53 Å². The lowest BCUT2D eigenvalue weighted by Crippen LogP contribution is -2.26. The molecule has 1 aromatic rings. The number of nitrogens with two attached hydrogens (primary N) is 1. The van der Waals surface area contributed by atoms with E-state index in [1.165, 1.54) is 11.3 Å². The molecule has 0 aliphatic carbocycles. The van der Waals surface area contributed by atoms with Crippen LogP contribution < -0.4 is 16.0 Å². The van der Waals surface area contributed by atoms with Crippen molar-refractivity contribution in [1.82, 2.24) is 10.3 Å². The molecule has 0 saturated heterocycles. The lowest BCUT2D eigenvalue weighted by Gasteiger charge is -2.16. The van der Waals surface area contributed by atoms with E-state index in [1.54, 1.807) is 7.11 Å². The molecule has 0 bridgehead atoms. The number of hydrogen-bond donors (Lipinski definition) is 2. The van der Waals surface area contributed by atoms with Gasteiger partial charge in [-0.1, -0.05) is 11.3 Å². The minimum absolute atomic E-state index is 0.194. The third-order valence-electron chi connectivity index (χ3n) is 2.47. The lowest BCUT2D eigenvalue weighted by molar-refractivity contribution is 0.0942. The van der Waals surface area contributed by atoms with Gasteiger partial charge in [-0.25, -0.2) is 4.98 Å². The minimum atomic E-state index is -0.194. The number of anilines is 2. The second-order valence-corrected chi connectivity index (χ2v) is 4.61. The van der Waals surface area contributed by atoms with Gasteiger partial charge < -0.3 is 20.7 Å². The van der Waals surface area contributed by atoms with E-state index in [0.717, 1.165) is 18.2 Å². The number of methoxy groups -OCH3 is 1. The van der Waals surface area contributed by atoms with Crippen LogP contribution in [0.15, 0.2) is 0 Å². The van der Waals surface area contributed by atoms with Crippen molar-refractivity contribution in [3.8, 4) is 0 Å². The third kappa shape index (κ3) is 3.58. The van der Waals surface area contributed by atoms with Gasteiger partial charge in [0, 0.05) is 26.7 Å². The van der Waals surface area contributed by atoms with Gasteiger partial charge in [0.2, 0.25) is 0 Å². The summed E-state index contributed by atoms with van der Waals surface area (Å²) in [5.41, 5.74) is 5.77. The van der Waals surface area contributed by atoms with Crippen LogP contribution in [0.25, 0.3) is 0 Å². The highest BCUT2D eigenvalue weighted by Crippen LogP contribution is 2.27. The Morgan fingerprint density at radius 3 is 2.72 bits per heavy atom. The molecule has 6 nitrogen and oxygen atoms in total. The molecule has 0 spiro atoms. The van der Waals surface area contributed by atoms with E-state index in [4.69, 9.17) is 10.5 Å². The van der Waals surface area contributed by atoms with Crippen LogP contribution >= 0.6 is 11.3 Å². The largest absolute Gasteiger partial charge is 0.383 e. The summed E-state index contributed by atoms with van der Waals surface area (Å²) in [6, 6.07) is 0. The quantitative estimate of drug-likeness (QED) is 0.722. The predicted octanol–water partition coefficient (Wildman–Crippen LogP) is 0.948. The summed E-state index contributed by atoms with van der Waals surface area (Å²) >= 11 is 1.32. The first-order valence-electron chi connectivity index (χ1n) is 5.92. The van der Waals surface area contributed by atoms with E-state index in [2.05, 4.69) is 15.2 Å². The number of carbonyl (C=O) groups excluding carboxylic acids is 1. The van der Waals surface area contributed by atoms with E-state index in [9.17, 15) is 4.79 Å². The first kappa shape index (κ1) is 14.7. The number of thiazole rings is 1. The van der Waals surface area contributed by atoms with Crippen molar-refractivity contribution in [1.29, 1.82) is 0 Å². The van der Waals surface area contributed by atoms with Crippen molar-refractivity contribution >= 4 is 28.2 Å². The summed E-state index contributed by atoms with van der Waals surface area (Å²) in [5, 5.41) is 3.52. The van der Waals surface area contributed by atoms with Gasteiger partial charge >= 0.3 is 0 Å². The van der Waals surface area contributed by atoms with E-state index in [0.29, 0.717) is 18.0 Å². The third-order valence-corrected chi connectivity index (χ3v) is 3.60. The van der Waals surface area contributed by atoms with E-state index in [-0.39, 0.29) is 11.7 Å². The van der Waals surface area contributed by atoms with Crippen LogP contribution in [-0.2, 0) is 4.74 Å². The molecular weight excluding hydrogens is 252 g/mol. The molecule has 1 amide bonds. The number of nitrogens with one attached hydrogen (secondary N) is 1. The van der Waals surface area contributed by atoms with Crippen molar-refractivity contribution in [2.24, 2.45) is 0 Å². The molecule has 1 rings (SSSR count). The van der Waals surface area contributed by atoms with Gasteiger partial charge in [-0.3, -0.25) is 4.79 Å². The van der Waals surface area contributed by atoms with Gasteiger partial charge in [0.05, 0.1) is 6.61 Å². The van der Waals surface area contributed by atoms with Gasteiger partial charge in [-0.15, -0.1) is 0 Å². The fraction of sp³-hybridized carbons (Fsp3) is 0.636. The van der Waals surface area contributed by atoms with Crippen LogP contribution in [-0.4, -0.2) is 44.2 Å². The number of aromatic nitrogens is 1. The number of hydrogen-bond acceptors (Lipinski definition) is 6. The number of carbonyl (C=O) groups is 1. The molecule has 102 valence electrons. The van der Waals surface area contributed by atoms with E-state index in [1.807, 2.05) is 13.8 Å². The fourth-order valence-corrected chi connectivity index (χ4v) is 2.49. The molecule has 0 aliphatic rings. The first-order chi connectivity index (χ1) is 8.63. The van der Waals surface area contributed by atoms with Crippen LogP contribution in [0.2, 0.25) is 0 Å². The van der Waals surface area contributed by atoms with Gasteiger partial charge in [-0.2, -0.15) is 0 Å². The Bertz CT molecular complexity index is 390. The number of rotatable bonds is 7. The summed E-state index contributed by atoms with van der Waals surface area (Å²) in [6.07, 6.45) is 0. The maximum atomic E-state index is 11.9. The van der Waals surface area contributed by atoms with E-state index >= 15 is 0 Å². The molecule has 0 aromatic carbocycles. The highest BCUT2D eigenvalue weighted by Gasteiger charge is 2.17. The van der Waals surface area contributed by atoms with Gasteiger partial charge in [0.1, 0.15) is 10.7 Å². The van der Waals surface area contributed by atoms with Crippen molar-refractivity contribution in [3.05, 3.63) is 4.88 Å². The molecule has 7 heteroatoms. The molecule has 0 unspecified atom stereocenters. The Kier molecular flexibility index (Phi) is 5.87. The normalized spacial score (nSPS) is 10.4. The Morgan fingerprint density at radius 1 is 1.50 bits per heavy atom. The summed E-state index contributed by atoms with van der Waals surface area (Å²) in [6.45, 7) is 6.71. The minimum Gasteiger partial charge on any atom is -0.383 e. The predicted molar refractivity (Wildman–Crippen MR) is 74.3 cm³/mol. The zero-order valence-electron chi connectivity index (χ0n) is 11.0. The average molecular weight is 272 g/mol. The Balaban J connectivity index is 2.74. The fourth-order valence-electron chi connectivity index (χ4n) is 1.46. The monoisotopic (exact) mass is 272 g/mol. The van der Waals surface area contributed by atoms with Crippen LogP contribution in [0, 0.1) is 0 Å². The first-order valence-corrected chi connectivity index (χ1v) is 6.74. The summed E-state index contributed by atoms with van der Waals surface area (Å²) in [7, 11) is 1.59. The van der Waals surface area contributed by atoms with Crippen LogP contribution in [0.1, 0.15) is 23.5 Å². The SMILES string of the molecule is CCN(CC)c1nc(N)c(C(=O)NCCOC)s1. The average Bonchev–Trinajstić information content (AvgIpc) is 2.73. The van der Waals surface area contributed by atoms with E-state index < -0.39 is 0 Å². The standard InChI is InChI=1S/C11H20N4O2S/c1-4-15(5-2)11-14-9(12)8(18-11)10(16)13-6-7-17-3/h4-7,12H2,1-3H3,(H,13,16). The maximum Gasteiger partial charge on any atom is 0.265 e. The highest BCUT2D eigenvalue weighted by molar-refractivity contribution is 7.18. The molecular formula is C11H20N4O2S. The number of nitrogens with zero attached hydrogens (tertiary/aromatic N) is 2. The smallest absolute Gasteiger partial charge is 0.265 e. The summed E-state index contributed by atoms with van der Waals surface area (Å²) in [4.78, 5) is 18.6. The van der Waals surface area contributed by atoms with Crippen molar-refractivity contribution in [3.63, 3.8) is 0 Å². The number of nitrogen functional groups attached to an aromatic ring is 1. The van der Waals surface area contributed by atoms with Crippen LogP contribution in [0.5, 0.6) is 0 Å². The topological polar surface area (TPSA) is 80.5 Å². The molecule has 0 saturated carbocycles. The molecule has 3 N–H and O–H groups in total. The molecule has 18 heavy (non-hydrogen) atoms. The molecule has 0 fully saturated rings. The van der Waals surface area contributed by atoms with Gasteiger partial charge in [0.15, 0.2) is 5.13 Å². The van der Waals surface area contributed by atoms with Crippen LogP contribution in [0.4, 0.5) is 10.9 Å². The molecule has 0 radical (unpaired) electrons. The van der Waals surface area contributed by atoms with Crippen molar-refractivity contribution in [2.45, 2.75) is 13.8 Å². The van der Waals surface area contributed by atoms with Gasteiger partial charge in [0.25, 0.3) is 5.91 Å². The summed E-state index contributed by atoms with van der Waals surface area (Å²) in [5.74, 6) is 0.0947. The Hall–Kier alpha value is -1.34. The molecule has 1 aromatic heterocycles. The Labute approximate surface area is 111 Å². The molecule has 1 heterocycles. The molecule has 0 atom stereocenters. The van der Waals surface area contributed by atoms with Crippen molar-refractivity contribution in [2.75, 3.05) is 44.0 Å². The zero-order valence-corrected chi connectivity index (χ0v) is 11.8. The second-order valence-electron chi connectivity index (χ2n) is 3.63. The number of amides is 1. The lowest BCUT2D eigenvalue weighted by atomic mass is 10.4. The summed E-state index contributed by atoms with van der Waals surface area (Å²) < 4.78 is 4.87. The Morgan fingerprint density at radius 2 is 2.17 bits per heavy atom. The maximum absolute atomic E-state index is 11.9. The molecule has 0 aliphatic heterocycles. The highest BCUT2D eigenvalue weighted by atomic mass is 32.1. The van der Waals surface area contributed by atoms with Gasteiger partial charge in [-0.05, 0) is 13.8 Å². The van der Waals surface area contributed by atoms with Crippen LogP contribution in [0.3, 0.4) is 0 Å².